The SMILES string of the molecule is C[NH+]1Cc2c(c(C#N)c(N)sc2=S)CC1(C)C. The van der Waals surface area contributed by atoms with E-state index in [-0.39, 0.29) is 5.54 Å². The first kappa shape index (κ1) is 12.5. The van der Waals surface area contributed by atoms with Gasteiger partial charge in [-0.25, -0.2) is 0 Å². The van der Waals surface area contributed by atoms with Gasteiger partial charge in [0.05, 0.1) is 18.2 Å². The normalized spacial score (nSPS) is 21.6. The summed E-state index contributed by atoms with van der Waals surface area (Å²) in [6.45, 7) is 5.30. The number of hydrogen-bond donors (Lipinski definition) is 2. The monoisotopic (exact) mass is 266 g/mol. The molecule has 0 spiro atoms. The molecular formula is C12H16N3S2+. The highest BCUT2D eigenvalue weighted by molar-refractivity contribution is 7.73. The molecule has 1 aromatic heterocycles. The maximum absolute atomic E-state index is 9.24. The van der Waals surface area contributed by atoms with E-state index in [1.807, 2.05) is 0 Å². The minimum atomic E-state index is 0.124. The molecule has 0 fully saturated rings. The Kier molecular flexibility index (Phi) is 2.98. The van der Waals surface area contributed by atoms with Gasteiger partial charge in [-0.2, -0.15) is 5.26 Å². The summed E-state index contributed by atoms with van der Waals surface area (Å²) in [5.41, 5.74) is 8.88. The summed E-state index contributed by atoms with van der Waals surface area (Å²) in [5.74, 6) is 0. The van der Waals surface area contributed by atoms with Crippen molar-refractivity contribution in [1.82, 2.24) is 0 Å². The van der Waals surface area contributed by atoms with Crippen molar-refractivity contribution >= 4 is 28.6 Å². The van der Waals surface area contributed by atoms with E-state index in [0.717, 1.165) is 27.9 Å². The van der Waals surface area contributed by atoms with Crippen LogP contribution in [0.1, 0.15) is 30.5 Å². The molecule has 0 radical (unpaired) electrons. The fourth-order valence-corrected chi connectivity index (χ4v) is 3.48. The van der Waals surface area contributed by atoms with Gasteiger partial charge in [0.1, 0.15) is 21.4 Å². The van der Waals surface area contributed by atoms with Gasteiger partial charge in [-0.05, 0) is 19.4 Å². The number of hydrogen-bond acceptors (Lipinski definition) is 4. The Labute approximate surface area is 110 Å². The predicted octanol–water partition coefficient (Wildman–Crippen LogP) is 1.28. The summed E-state index contributed by atoms with van der Waals surface area (Å²) in [6, 6.07) is 2.23. The van der Waals surface area contributed by atoms with Gasteiger partial charge in [0.15, 0.2) is 0 Å². The van der Waals surface area contributed by atoms with Crippen molar-refractivity contribution in [2.45, 2.75) is 32.4 Å². The molecule has 2 heterocycles. The van der Waals surface area contributed by atoms with Gasteiger partial charge in [-0.15, -0.1) is 11.3 Å². The maximum Gasteiger partial charge on any atom is 0.106 e. The fourth-order valence-electron chi connectivity index (χ4n) is 2.23. The lowest BCUT2D eigenvalue weighted by Crippen LogP contribution is -3.16. The van der Waals surface area contributed by atoms with Crippen LogP contribution in [0.25, 0.3) is 0 Å². The van der Waals surface area contributed by atoms with Gasteiger partial charge in [0.25, 0.3) is 0 Å². The number of nitrogen functional groups attached to an aromatic ring is 1. The third-order valence-electron chi connectivity index (χ3n) is 3.69. The number of nitrogens with zero attached hydrogens (tertiary/aromatic N) is 1. The Morgan fingerprint density at radius 3 is 2.71 bits per heavy atom. The fraction of sp³-hybridized carbons (Fsp3) is 0.500. The molecule has 0 saturated heterocycles. The summed E-state index contributed by atoms with van der Waals surface area (Å²) < 4.78 is 0.839. The van der Waals surface area contributed by atoms with Crippen LogP contribution in [0.3, 0.4) is 0 Å². The van der Waals surface area contributed by atoms with E-state index < -0.39 is 0 Å². The van der Waals surface area contributed by atoms with E-state index in [4.69, 9.17) is 18.0 Å². The van der Waals surface area contributed by atoms with E-state index >= 15 is 0 Å². The number of nitrogens with one attached hydrogen (secondary N) is 1. The van der Waals surface area contributed by atoms with Crippen molar-refractivity contribution in [3.63, 3.8) is 0 Å². The minimum absolute atomic E-state index is 0.124. The van der Waals surface area contributed by atoms with Crippen LogP contribution in [0, 0.1) is 15.2 Å². The molecule has 17 heavy (non-hydrogen) atoms. The van der Waals surface area contributed by atoms with Crippen molar-refractivity contribution < 1.29 is 4.90 Å². The quantitative estimate of drug-likeness (QED) is 0.696. The molecule has 3 N–H and O–H groups in total. The Morgan fingerprint density at radius 2 is 2.12 bits per heavy atom. The van der Waals surface area contributed by atoms with E-state index in [1.54, 1.807) is 0 Å². The number of rotatable bonds is 0. The molecule has 1 aromatic rings. The van der Waals surface area contributed by atoms with E-state index in [0.29, 0.717) is 10.6 Å². The average Bonchev–Trinajstić information content (AvgIpc) is 2.21. The zero-order chi connectivity index (χ0) is 12.8. The molecular weight excluding hydrogens is 250 g/mol. The zero-order valence-electron chi connectivity index (χ0n) is 10.3. The Morgan fingerprint density at radius 1 is 1.47 bits per heavy atom. The highest BCUT2D eigenvalue weighted by atomic mass is 32.1. The van der Waals surface area contributed by atoms with Crippen LogP contribution in [-0.2, 0) is 13.0 Å². The van der Waals surface area contributed by atoms with Crippen molar-refractivity contribution in [3.05, 3.63) is 20.5 Å². The molecule has 0 amide bonds. The Hall–Kier alpha value is -0.960. The molecule has 2 rings (SSSR count). The van der Waals surface area contributed by atoms with E-state index in [9.17, 15) is 5.26 Å². The van der Waals surface area contributed by atoms with Crippen LogP contribution < -0.4 is 10.6 Å². The van der Waals surface area contributed by atoms with Crippen LogP contribution in [0.15, 0.2) is 0 Å². The molecule has 0 aromatic carbocycles. The number of anilines is 1. The highest BCUT2D eigenvalue weighted by Gasteiger charge is 2.36. The second-order valence-electron chi connectivity index (χ2n) is 5.22. The molecule has 90 valence electrons. The summed E-state index contributed by atoms with van der Waals surface area (Å²) >= 11 is 6.73. The lowest BCUT2D eigenvalue weighted by Gasteiger charge is -2.37. The molecule has 5 heteroatoms. The average molecular weight is 266 g/mol. The molecule has 0 saturated carbocycles. The number of quaternary nitrogens is 1. The summed E-state index contributed by atoms with van der Waals surface area (Å²) in [4.78, 5) is 1.43. The molecule has 0 aliphatic carbocycles. The first-order valence-electron chi connectivity index (χ1n) is 5.54. The van der Waals surface area contributed by atoms with Crippen LogP contribution >= 0.6 is 23.6 Å². The van der Waals surface area contributed by atoms with Crippen molar-refractivity contribution in [2.75, 3.05) is 12.8 Å². The smallest absolute Gasteiger partial charge is 0.106 e. The number of fused-ring (bicyclic) bond motifs is 1. The Balaban J connectivity index is 2.71. The molecule has 0 bridgehead atoms. The summed E-state index contributed by atoms with van der Waals surface area (Å²) in [5, 5.41) is 9.80. The van der Waals surface area contributed by atoms with Crippen LogP contribution in [-0.4, -0.2) is 12.6 Å². The van der Waals surface area contributed by atoms with Crippen LogP contribution in [0.5, 0.6) is 0 Å². The van der Waals surface area contributed by atoms with Crippen LogP contribution in [0.2, 0.25) is 0 Å². The van der Waals surface area contributed by atoms with Gasteiger partial charge < -0.3 is 10.6 Å². The molecule has 1 aliphatic rings. The van der Waals surface area contributed by atoms with E-state index in [1.165, 1.54) is 16.2 Å². The van der Waals surface area contributed by atoms with Gasteiger partial charge in [0, 0.05) is 12.0 Å². The second kappa shape index (κ2) is 4.05. The van der Waals surface area contributed by atoms with Crippen molar-refractivity contribution in [3.8, 4) is 6.07 Å². The topological polar surface area (TPSA) is 54.2 Å². The van der Waals surface area contributed by atoms with Crippen molar-refractivity contribution in [1.29, 1.82) is 5.26 Å². The third-order valence-corrected chi connectivity index (χ3v) is 5.04. The van der Waals surface area contributed by atoms with Crippen molar-refractivity contribution in [2.24, 2.45) is 0 Å². The first-order valence-corrected chi connectivity index (χ1v) is 6.76. The summed E-state index contributed by atoms with van der Waals surface area (Å²) in [7, 11) is 2.17. The highest BCUT2D eigenvalue weighted by Crippen LogP contribution is 2.31. The molecule has 1 aliphatic heterocycles. The first-order chi connectivity index (χ1) is 7.86. The van der Waals surface area contributed by atoms with Gasteiger partial charge in [-0.1, -0.05) is 12.2 Å². The third kappa shape index (κ3) is 1.97. The number of nitriles is 1. The second-order valence-corrected chi connectivity index (χ2v) is 6.93. The number of nitrogens with two attached hydrogens (primary N) is 1. The number of likely N-dealkylation sites (N-methyl/N-ethyl adjacent to an activating group) is 1. The van der Waals surface area contributed by atoms with Gasteiger partial charge >= 0.3 is 0 Å². The lowest BCUT2D eigenvalue weighted by atomic mass is 9.85. The van der Waals surface area contributed by atoms with Gasteiger partial charge in [0.2, 0.25) is 0 Å². The molecule has 3 nitrogen and oxygen atoms in total. The maximum atomic E-state index is 9.24. The molecule has 1 unspecified atom stereocenters. The molecule has 1 atom stereocenters. The lowest BCUT2D eigenvalue weighted by molar-refractivity contribution is -0.945. The largest absolute Gasteiger partial charge is 0.389 e. The van der Waals surface area contributed by atoms with Crippen LogP contribution in [0.4, 0.5) is 5.00 Å². The predicted molar refractivity (Wildman–Crippen MR) is 72.7 cm³/mol. The standard InChI is InChI=1S/C12H15N3S2/c1-12(2)4-7-8(5-13)10(14)17-11(16)9(7)6-15(12)3/h4,6,14H2,1-3H3/p+1. The summed E-state index contributed by atoms with van der Waals surface area (Å²) in [6.07, 6.45) is 0.860. The zero-order valence-corrected chi connectivity index (χ0v) is 11.9. The Bertz CT molecular complexity index is 566. The van der Waals surface area contributed by atoms with E-state index in [2.05, 4.69) is 27.0 Å². The van der Waals surface area contributed by atoms with Gasteiger partial charge in [-0.3, -0.25) is 0 Å². The minimum Gasteiger partial charge on any atom is -0.389 e.